The Morgan fingerprint density at radius 3 is 2.56 bits per heavy atom. The maximum absolute atomic E-state index is 12.4. The number of nitrogens with two attached hydrogens (primary N) is 1. The molecule has 0 heterocycles. The first kappa shape index (κ1) is 20.9. The highest BCUT2D eigenvalue weighted by molar-refractivity contribution is 6.03. The molecular formula is C20H30N4O3. The van der Waals surface area contributed by atoms with Crippen molar-refractivity contribution >= 4 is 23.4 Å². The number of para-hydroxylation sites is 1. The zero-order valence-electron chi connectivity index (χ0n) is 15.9. The molecule has 0 spiro atoms. The molecule has 2 rings (SSSR count). The molecule has 1 aromatic rings. The van der Waals surface area contributed by atoms with E-state index in [-0.39, 0.29) is 36.1 Å². The van der Waals surface area contributed by atoms with Gasteiger partial charge in [-0.05, 0) is 31.9 Å². The Labute approximate surface area is 160 Å². The summed E-state index contributed by atoms with van der Waals surface area (Å²) in [5.41, 5.74) is 6.24. The van der Waals surface area contributed by atoms with Crippen molar-refractivity contribution < 1.29 is 14.4 Å². The molecule has 148 valence electrons. The Morgan fingerprint density at radius 1 is 1.15 bits per heavy atom. The SMILES string of the molecule is CC(CC(=O)Nc1ccccc1C(=O)NCCN)NC(=O)C1CCCCC1. The number of carbonyl (C=O) groups excluding carboxylic acids is 3. The number of hydrogen-bond donors (Lipinski definition) is 4. The molecule has 0 radical (unpaired) electrons. The molecule has 1 aromatic carbocycles. The van der Waals surface area contributed by atoms with Crippen molar-refractivity contribution in [2.75, 3.05) is 18.4 Å². The second-order valence-corrected chi connectivity index (χ2v) is 7.09. The molecule has 7 nitrogen and oxygen atoms in total. The van der Waals surface area contributed by atoms with Gasteiger partial charge in [0.1, 0.15) is 0 Å². The zero-order chi connectivity index (χ0) is 19.6. The number of rotatable bonds is 8. The van der Waals surface area contributed by atoms with Gasteiger partial charge in [0.05, 0.1) is 11.3 Å². The first-order chi connectivity index (χ1) is 13.0. The second kappa shape index (κ2) is 10.7. The summed E-state index contributed by atoms with van der Waals surface area (Å²) in [6.07, 6.45) is 5.38. The summed E-state index contributed by atoms with van der Waals surface area (Å²) in [4.78, 5) is 36.8. The van der Waals surface area contributed by atoms with Crippen molar-refractivity contribution in [3.8, 4) is 0 Å². The Balaban J connectivity index is 1.87. The van der Waals surface area contributed by atoms with Gasteiger partial charge in [0, 0.05) is 31.5 Å². The summed E-state index contributed by atoms with van der Waals surface area (Å²) < 4.78 is 0. The van der Waals surface area contributed by atoms with Gasteiger partial charge in [0.2, 0.25) is 11.8 Å². The first-order valence-corrected chi connectivity index (χ1v) is 9.68. The number of amides is 3. The maximum Gasteiger partial charge on any atom is 0.253 e. The third-order valence-electron chi connectivity index (χ3n) is 4.73. The van der Waals surface area contributed by atoms with E-state index in [2.05, 4.69) is 16.0 Å². The maximum atomic E-state index is 12.4. The van der Waals surface area contributed by atoms with Gasteiger partial charge in [-0.3, -0.25) is 14.4 Å². The standard InChI is InChI=1S/C20H30N4O3/c1-14(23-19(26)15-7-3-2-4-8-15)13-18(25)24-17-10-6-5-9-16(17)20(27)22-12-11-21/h5-6,9-10,14-15H,2-4,7-8,11-13,21H2,1H3,(H,22,27)(H,23,26)(H,24,25). The second-order valence-electron chi connectivity index (χ2n) is 7.09. The average Bonchev–Trinajstić information content (AvgIpc) is 2.67. The summed E-state index contributed by atoms with van der Waals surface area (Å²) in [7, 11) is 0. The van der Waals surface area contributed by atoms with E-state index < -0.39 is 0 Å². The minimum atomic E-state index is -0.282. The number of carbonyl (C=O) groups is 3. The van der Waals surface area contributed by atoms with E-state index in [0.717, 1.165) is 25.7 Å². The molecule has 5 N–H and O–H groups in total. The van der Waals surface area contributed by atoms with Crippen molar-refractivity contribution in [3.63, 3.8) is 0 Å². The van der Waals surface area contributed by atoms with E-state index in [1.807, 2.05) is 6.92 Å². The van der Waals surface area contributed by atoms with Crippen LogP contribution in [0, 0.1) is 5.92 Å². The summed E-state index contributed by atoms with van der Waals surface area (Å²) in [5.74, 6) is -0.423. The molecule has 27 heavy (non-hydrogen) atoms. The van der Waals surface area contributed by atoms with Gasteiger partial charge in [-0.2, -0.15) is 0 Å². The molecule has 3 amide bonds. The Kier molecular flexibility index (Phi) is 8.26. The van der Waals surface area contributed by atoms with E-state index in [4.69, 9.17) is 5.73 Å². The van der Waals surface area contributed by atoms with E-state index in [0.29, 0.717) is 24.3 Å². The molecule has 7 heteroatoms. The van der Waals surface area contributed by atoms with Gasteiger partial charge in [0.15, 0.2) is 0 Å². The highest BCUT2D eigenvalue weighted by atomic mass is 16.2. The lowest BCUT2D eigenvalue weighted by atomic mass is 9.88. The fourth-order valence-corrected chi connectivity index (χ4v) is 3.33. The van der Waals surface area contributed by atoms with Crippen LogP contribution < -0.4 is 21.7 Å². The zero-order valence-corrected chi connectivity index (χ0v) is 15.9. The fraction of sp³-hybridized carbons (Fsp3) is 0.550. The number of benzene rings is 1. The first-order valence-electron chi connectivity index (χ1n) is 9.68. The van der Waals surface area contributed by atoms with Crippen LogP contribution in [0.2, 0.25) is 0 Å². The monoisotopic (exact) mass is 374 g/mol. The van der Waals surface area contributed by atoms with Gasteiger partial charge >= 0.3 is 0 Å². The normalized spacial score (nSPS) is 15.6. The van der Waals surface area contributed by atoms with Crippen molar-refractivity contribution in [1.82, 2.24) is 10.6 Å². The molecule has 1 saturated carbocycles. The molecule has 1 unspecified atom stereocenters. The molecule has 1 atom stereocenters. The molecular weight excluding hydrogens is 344 g/mol. The van der Waals surface area contributed by atoms with E-state index in [9.17, 15) is 14.4 Å². The molecule has 0 aromatic heterocycles. The smallest absolute Gasteiger partial charge is 0.253 e. The summed E-state index contributed by atoms with van der Waals surface area (Å²) >= 11 is 0. The fourth-order valence-electron chi connectivity index (χ4n) is 3.33. The van der Waals surface area contributed by atoms with Crippen LogP contribution in [0.3, 0.4) is 0 Å². The molecule has 1 fully saturated rings. The van der Waals surface area contributed by atoms with Gasteiger partial charge in [0.25, 0.3) is 5.91 Å². The molecule has 1 aliphatic carbocycles. The highest BCUT2D eigenvalue weighted by Crippen LogP contribution is 2.23. The van der Waals surface area contributed by atoms with Gasteiger partial charge < -0.3 is 21.7 Å². The van der Waals surface area contributed by atoms with Crippen molar-refractivity contribution in [2.45, 2.75) is 51.5 Å². The molecule has 1 aliphatic rings. The third-order valence-corrected chi connectivity index (χ3v) is 4.73. The molecule has 0 bridgehead atoms. The largest absolute Gasteiger partial charge is 0.353 e. The van der Waals surface area contributed by atoms with E-state index >= 15 is 0 Å². The van der Waals surface area contributed by atoms with Crippen molar-refractivity contribution in [2.24, 2.45) is 11.7 Å². The number of nitrogens with one attached hydrogen (secondary N) is 3. The lowest BCUT2D eigenvalue weighted by Crippen LogP contribution is -2.39. The summed E-state index contributed by atoms with van der Waals surface area (Å²) in [5, 5.41) is 8.40. The molecule has 0 aliphatic heterocycles. The minimum absolute atomic E-state index is 0.0385. The van der Waals surface area contributed by atoms with Gasteiger partial charge in [-0.15, -0.1) is 0 Å². The highest BCUT2D eigenvalue weighted by Gasteiger charge is 2.23. The minimum Gasteiger partial charge on any atom is -0.353 e. The van der Waals surface area contributed by atoms with Crippen LogP contribution >= 0.6 is 0 Å². The predicted octanol–water partition coefficient (Wildman–Crippen LogP) is 1.79. The lowest BCUT2D eigenvalue weighted by Gasteiger charge is -2.23. The topological polar surface area (TPSA) is 113 Å². The van der Waals surface area contributed by atoms with Crippen LogP contribution in [-0.2, 0) is 9.59 Å². The van der Waals surface area contributed by atoms with Crippen LogP contribution in [-0.4, -0.2) is 36.9 Å². The molecule has 0 saturated heterocycles. The van der Waals surface area contributed by atoms with Crippen LogP contribution in [0.4, 0.5) is 5.69 Å². The quantitative estimate of drug-likeness (QED) is 0.555. The van der Waals surface area contributed by atoms with Gasteiger partial charge in [-0.25, -0.2) is 0 Å². The van der Waals surface area contributed by atoms with Crippen LogP contribution in [0.1, 0.15) is 55.8 Å². The van der Waals surface area contributed by atoms with Crippen LogP contribution in [0.15, 0.2) is 24.3 Å². The van der Waals surface area contributed by atoms with Crippen LogP contribution in [0.25, 0.3) is 0 Å². The number of anilines is 1. The predicted molar refractivity (Wildman–Crippen MR) is 105 cm³/mol. The van der Waals surface area contributed by atoms with E-state index in [1.54, 1.807) is 24.3 Å². The van der Waals surface area contributed by atoms with E-state index in [1.165, 1.54) is 6.42 Å². The lowest BCUT2D eigenvalue weighted by molar-refractivity contribution is -0.126. The Hall–Kier alpha value is -2.41. The third kappa shape index (κ3) is 6.67. The Bertz CT molecular complexity index is 656. The van der Waals surface area contributed by atoms with Crippen molar-refractivity contribution in [1.29, 1.82) is 0 Å². The average molecular weight is 374 g/mol. The van der Waals surface area contributed by atoms with Crippen molar-refractivity contribution in [3.05, 3.63) is 29.8 Å². The van der Waals surface area contributed by atoms with Gasteiger partial charge in [-0.1, -0.05) is 31.4 Å². The number of hydrogen-bond acceptors (Lipinski definition) is 4. The summed E-state index contributed by atoms with van der Waals surface area (Å²) in [6.45, 7) is 2.53. The Morgan fingerprint density at radius 2 is 1.85 bits per heavy atom. The van der Waals surface area contributed by atoms with Crippen LogP contribution in [0.5, 0.6) is 0 Å². The summed E-state index contributed by atoms with van der Waals surface area (Å²) in [6, 6.07) is 6.55.